The molecule has 0 saturated heterocycles. The molecule has 1 amide bonds. The lowest BCUT2D eigenvalue weighted by molar-refractivity contribution is -0.134. The molecule has 24 heavy (non-hydrogen) atoms. The zero-order valence-electron chi connectivity index (χ0n) is 14.2. The summed E-state index contributed by atoms with van der Waals surface area (Å²) in [5.74, 6) is 0.844. The molecule has 0 radical (unpaired) electrons. The minimum Gasteiger partial charge on any atom is -0.491 e. The average Bonchev–Trinajstić information content (AvgIpc) is 2.85. The third-order valence-corrected chi connectivity index (χ3v) is 4.15. The molecule has 1 aliphatic rings. The summed E-state index contributed by atoms with van der Waals surface area (Å²) in [7, 11) is 3.98. The molecule has 0 N–H and O–H groups in total. The number of amides is 1. The Hall–Kier alpha value is -2.41. The van der Waals surface area contributed by atoms with E-state index in [0.717, 1.165) is 17.9 Å². The number of para-hydroxylation sites is 1. The number of hydrogen-bond donors (Lipinski definition) is 0. The second kappa shape index (κ2) is 7.00. The van der Waals surface area contributed by atoms with Gasteiger partial charge >= 0.3 is 0 Å². The van der Waals surface area contributed by atoms with Crippen LogP contribution in [0.3, 0.4) is 0 Å². The van der Waals surface area contributed by atoms with Gasteiger partial charge in [-0.25, -0.2) is 4.63 Å². The summed E-state index contributed by atoms with van der Waals surface area (Å²) in [6.45, 7) is 3.52. The van der Waals surface area contributed by atoms with E-state index in [2.05, 4.69) is 15.2 Å². The van der Waals surface area contributed by atoms with Crippen LogP contribution in [0.2, 0.25) is 0 Å². The zero-order valence-corrected chi connectivity index (χ0v) is 14.2. The van der Waals surface area contributed by atoms with Gasteiger partial charge in [-0.2, -0.15) is 0 Å². The van der Waals surface area contributed by atoms with Crippen LogP contribution in [0.25, 0.3) is 0 Å². The number of rotatable bonds is 4. The molecule has 3 rings (SSSR count). The molecule has 2 aromatic rings. The van der Waals surface area contributed by atoms with E-state index >= 15 is 0 Å². The Balaban J connectivity index is 1.84. The summed E-state index contributed by atoms with van der Waals surface area (Å²) in [6.07, 6.45) is 0.182. The van der Waals surface area contributed by atoms with E-state index in [0.29, 0.717) is 24.5 Å². The fourth-order valence-electron chi connectivity index (χ4n) is 2.88. The van der Waals surface area contributed by atoms with Crippen LogP contribution in [-0.4, -0.2) is 59.3 Å². The SMILES string of the molecule is Cc1nonc1CC(=O)N1Cc2ccccc2OC[C@@H]1CN(C)C. The van der Waals surface area contributed by atoms with Crippen LogP contribution in [0.5, 0.6) is 5.75 Å². The van der Waals surface area contributed by atoms with E-state index in [9.17, 15) is 4.79 Å². The highest BCUT2D eigenvalue weighted by Crippen LogP contribution is 2.25. The Morgan fingerprint density at radius 3 is 2.83 bits per heavy atom. The Bertz CT molecular complexity index is 713. The Morgan fingerprint density at radius 2 is 2.12 bits per heavy atom. The number of carbonyl (C=O) groups excluding carboxylic acids is 1. The average molecular weight is 330 g/mol. The van der Waals surface area contributed by atoms with Crippen molar-refractivity contribution in [2.24, 2.45) is 0 Å². The van der Waals surface area contributed by atoms with Gasteiger partial charge in [0.05, 0.1) is 12.5 Å². The smallest absolute Gasteiger partial charge is 0.229 e. The van der Waals surface area contributed by atoms with Crippen LogP contribution in [0.4, 0.5) is 0 Å². The van der Waals surface area contributed by atoms with Gasteiger partial charge in [0.15, 0.2) is 0 Å². The lowest BCUT2D eigenvalue weighted by Crippen LogP contribution is -2.47. The van der Waals surface area contributed by atoms with Crippen LogP contribution in [0.15, 0.2) is 28.9 Å². The molecule has 0 unspecified atom stereocenters. The maximum Gasteiger partial charge on any atom is 0.229 e. The molecular weight excluding hydrogens is 308 g/mol. The van der Waals surface area contributed by atoms with E-state index < -0.39 is 0 Å². The number of fused-ring (bicyclic) bond motifs is 1. The number of carbonyl (C=O) groups is 1. The highest BCUT2D eigenvalue weighted by molar-refractivity contribution is 5.79. The first-order chi connectivity index (χ1) is 11.5. The molecule has 2 heterocycles. The van der Waals surface area contributed by atoms with Crippen molar-refractivity contribution < 1.29 is 14.2 Å². The summed E-state index contributed by atoms with van der Waals surface area (Å²) in [5, 5.41) is 7.58. The number of likely N-dealkylation sites (N-methyl/N-ethyl adjacent to an activating group) is 1. The van der Waals surface area contributed by atoms with Crippen molar-refractivity contribution in [3.05, 3.63) is 41.2 Å². The molecule has 0 spiro atoms. The molecule has 0 aliphatic carbocycles. The predicted molar refractivity (Wildman–Crippen MR) is 87.6 cm³/mol. The second-order valence-electron chi connectivity index (χ2n) is 6.33. The normalized spacial score (nSPS) is 17.3. The van der Waals surface area contributed by atoms with Gasteiger partial charge in [0, 0.05) is 18.7 Å². The lowest BCUT2D eigenvalue weighted by Gasteiger charge is -2.31. The highest BCUT2D eigenvalue weighted by atomic mass is 16.6. The van der Waals surface area contributed by atoms with E-state index in [-0.39, 0.29) is 18.4 Å². The fourth-order valence-corrected chi connectivity index (χ4v) is 2.88. The number of aromatic nitrogens is 2. The molecule has 0 bridgehead atoms. The monoisotopic (exact) mass is 330 g/mol. The molecule has 0 fully saturated rings. The second-order valence-corrected chi connectivity index (χ2v) is 6.33. The number of ether oxygens (including phenoxy) is 1. The van der Waals surface area contributed by atoms with Crippen LogP contribution < -0.4 is 4.74 Å². The number of nitrogens with zero attached hydrogens (tertiary/aromatic N) is 4. The van der Waals surface area contributed by atoms with Gasteiger partial charge < -0.3 is 14.5 Å². The summed E-state index contributed by atoms with van der Waals surface area (Å²) in [5.41, 5.74) is 2.25. The Labute approximate surface area is 141 Å². The van der Waals surface area contributed by atoms with Gasteiger partial charge in [0.25, 0.3) is 0 Å². The third-order valence-electron chi connectivity index (χ3n) is 4.15. The van der Waals surface area contributed by atoms with Crippen molar-refractivity contribution in [3.8, 4) is 5.75 Å². The maximum absolute atomic E-state index is 12.9. The number of hydrogen-bond acceptors (Lipinski definition) is 6. The van der Waals surface area contributed by atoms with Crippen molar-refractivity contribution in [2.45, 2.75) is 25.9 Å². The number of aryl methyl sites for hydroxylation is 1. The molecule has 7 nitrogen and oxygen atoms in total. The van der Waals surface area contributed by atoms with Crippen molar-refractivity contribution in [1.29, 1.82) is 0 Å². The Kier molecular flexibility index (Phi) is 4.80. The molecule has 1 atom stereocenters. The molecule has 1 aromatic carbocycles. The quantitative estimate of drug-likeness (QED) is 0.841. The summed E-state index contributed by atoms with van der Waals surface area (Å²) < 4.78 is 10.6. The van der Waals surface area contributed by atoms with Gasteiger partial charge in [-0.15, -0.1) is 0 Å². The minimum atomic E-state index is -0.0277. The van der Waals surface area contributed by atoms with Crippen LogP contribution in [0.1, 0.15) is 17.0 Å². The van der Waals surface area contributed by atoms with E-state index in [4.69, 9.17) is 9.37 Å². The largest absolute Gasteiger partial charge is 0.491 e. The van der Waals surface area contributed by atoms with Crippen molar-refractivity contribution in [3.63, 3.8) is 0 Å². The molecule has 7 heteroatoms. The zero-order chi connectivity index (χ0) is 17.1. The molecule has 128 valence electrons. The Morgan fingerprint density at radius 1 is 1.33 bits per heavy atom. The summed E-state index contributed by atoms with van der Waals surface area (Å²) >= 11 is 0. The lowest BCUT2D eigenvalue weighted by atomic mass is 10.1. The van der Waals surface area contributed by atoms with Crippen molar-refractivity contribution in [2.75, 3.05) is 27.2 Å². The van der Waals surface area contributed by atoms with Crippen molar-refractivity contribution in [1.82, 2.24) is 20.1 Å². The van der Waals surface area contributed by atoms with E-state index in [1.165, 1.54) is 0 Å². The summed E-state index contributed by atoms with van der Waals surface area (Å²) in [6, 6.07) is 7.82. The van der Waals surface area contributed by atoms with Gasteiger partial charge in [-0.1, -0.05) is 28.5 Å². The predicted octanol–water partition coefficient (Wildman–Crippen LogP) is 1.27. The van der Waals surface area contributed by atoms with E-state index in [1.54, 1.807) is 6.92 Å². The molecule has 1 aromatic heterocycles. The summed E-state index contributed by atoms with van der Waals surface area (Å²) in [4.78, 5) is 16.9. The molecular formula is C17H22N4O3. The first-order valence-corrected chi connectivity index (χ1v) is 7.97. The molecule has 0 saturated carbocycles. The van der Waals surface area contributed by atoms with Gasteiger partial charge in [-0.05, 0) is 27.1 Å². The van der Waals surface area contributed by atoms with E-state index in [1.807, 2.05) is 43.3 Å². The van der Waals surface area contributed by atoms with Crippen LogP contribution >= 0.6 is 0 Å². The van der Waals surface area contributed by atoms with Gasteiger partial charge in [-0.3, -0.25) is 4.79 Å². The van der Waals surface area contributed by atoms with Gasteiger partial charge in [0.1, 0.15) is 23.7 Å². The first-order valence-electron chi connectivity index (χ1n) is 7.97. The minimum absolute atomic E-state index is 0.000882. The first kappa shape index (κ1) is 16.4. The van der Waals surface area contributed by atoms with Gasteiger partial charge in [0.2, 0.25) is 5.91 Å². The molecule has 1 aliphatic heterocycles. The van der Waals surface area contributed by atoms with Crippen molar-refractivity contribution >= 4 is 5.91 Å². The topological polar surface area (TPSA) is 71.7 Å². The maximum atomic E-state index is 12.9. The number of benzene rings is 1. The third kappa shape index (κ3) is 3.56. The standard InChI is InChI=1S/C17H22N4O3/c1-12-15(19-24-18-12)8-17(22)21-9-13-6-4-5-7-16(13)23-11-14(21)10-20(2)3/h4-7,14H,8-11H2,1-3H3/t14-/m0/s1. The van der Waals surface area contributed by atoms with Crippen LogP contribution in [0, 0.1) is 6.92 Å². The highest BCUT2D eigenvalue weighted by Gasteiger charge is 2.29. The fraction of sp³-hybridized carbons (Fsp3) is 0.471. The van der Waals surface area contributed by atoms with Crippen LogP contribution in [-0.2, 0) is 17.8 Å².